The van der Waals surface area contributed by atoms with E-state index in [9.17, 15) is 9.59 Å². The normalized spacial score (nSPS) is 23.7. The smallest absolute Gasteiger partial charge is 0.323 e. The molecule has 4 nitrogen and oxygen atoms in total. The highest BCUT2D eigenvalue weighted by Gasteiger charge is 2.51. The molecule has 3 aromatic rings. The van der Waals surface area contributed by atoms with Gasteiger partial charge in [-0.3, -0.25) is 14.9 Å². The predicted octanol–water partition coefficient (Wildman–Crippen LogP) is 4.53. The molecule has 2 aromatic carbocycles. The highest BCUT2D eigenvalue weighted by Crippen LogP contribution is 2.46. The zero-order valence-corrected chi connectivity index (χ0v) is 17.2. The molecule has 5 heteroatoms. The first kappa shape index (κ1) is 19.6. The van der Waals surface area contributed by atoms with Crippen molar-refractivity contribution in [2.75, 3.05) is 7.11 Å². The van der Waals surface area contributed by atoms with Crippen molar-refractivity contribution in [3.8, 4) is 0 Å². The summed E-state index contributed by atoms with van der Waals surface area (Å²) >= 11 is 1.59. The summed E-state index contributed by atoms with van der Waals surface area (Å²) in [5.74, 6) is -1.04. The van der Waals surface area contributed by atoms with Crippen molar-refractivity contribution in [2.45, 2.75) is 24.9 Å². The maximum absolute atomic E-state index is 13.7. The molecular weight excluding hydrogens is 382 g/mol. The first-order valence-electron chi connectivity index (χ1n) is 9.63. The number of thiophene rings is 1. The monoisotopic (exact) mass is 405 g/mol. The number of carbonyl (C=O) groups is 2. The van der Waals surface area contributed by atoms with E-state index in [0.29, 0.717) is 5.56 Å². The quantitative estimate of drug-likeness (QED) is 0.501. The van der Waals surface area contributed by atoms with Crippen LogP contribution in [0.4, 0.5) is 0 Å². The van der Waals surface area contributed by atoms with Gasteiger partial charge in [0.05, 0.1) is 19.1 Å². The second-order valence-corrected chi connectivity index (χ2v) is 8.33. The summed E-state index contributed by atoms with van der Waals surface area (Å²) in [6, 6.07) is 20.5. The fraction of sp³-hybridized carbons (Fsp3) is 0.250. The highest BCUT2D eigenvalue weighted by atomic mass is 32.1. The standard InChI is InChI=1S/C24H23NO3S/c1-15-10-12-16(13-11-15)19-20(23(26)17-7-4-3-5-8-17)21(18-9-6-14-29-18)25-22(19)24(27)28-2/h3-14,19-22,25H,1-2H3/t19-,20-,21-,22-/m0/s1. The van der Waals surface area contributed by atoms with Crippen molar-refractivity contribution in [3.05, 3.63) is 93.7 Å². The van der Waals surface area contributed by atoms with Gasteiger partial charge >= 0.3 is 5.97 Å². The Morgan fingerprint density at radius 2 is 1.69 bits per heavy atom. The average Bonchev–Trinajstić information content (AvgIpc) is 3.42. The van der Waals surface area contributed by atoms with Crippen molar-refractivity contribution in [1.82, 2.24) is 5.32 Å². The van der Waals surface area contributed by atoms with Crippen LogP contribution in [0, 0.1) is 12.8 Å². The van der Waals surface area contributed by atoms with E-state index in [2.05, 4.69) is 5.32 Å². The minimum Gasteiger partial charge on any atom is -0.468 e. The van der Waals surface area contributed by atoms with Crippen LogP contribution in [0.5, 0.6) is 0 Å². The third kappa shape index (κ3) is 3.76. The van der Waals surface area contributed by atoms with Crippen molar-refractivity contribution in [1.29, 1.82) is 0 Å². The Kier molecular flexibility index (Phi) is 5.60. The first-order chi connectivity index (χ1) is 14.1. The molecule has 148 valence electrons. The molecule has 0 aliphatic carbocycles. The zero-order valence-electron chi connectivity index (χ0n) is 16.4. The van der Waals surface area contributed by atoms with Crippen molar-refractivity contribution in [2.24, 2.45) is 5.92 Å². The molecule has 0 amide bonds. The van der Waals surface area contributed by atoms with Crippen molar-refractivity contribution >= 4 is 23.1 Å². The van der Waals surface area contributed by atoms with E-state index in [1.165, 1.54) is 7.11 Å². The fourth-order valence-corrected chi connectivity index (χ4v) is 5.01. The van der Waals surface area contributed by atoms with Crippen LogP contribution in [0.15, 0.2) is 72.1 Å². The third-order valence-corrected chi connectivity index (χ3v) is 6.55. The number of benzene rings is 2. The summed E-state index contributed by atoms with van der Waals surface area (Å²) in [5, 5.41) is 5.42. The van der Waals surface area contributed by atoms with E-state index in [1.807, 2.05) is 79.0 Å². The van der Waals surface area contributed by atoms with Gasteiger partial charge < -0.3 is 4.74 Å². The topological polar surface area (TPSA) is 55.4 Å². The Balaban J connectivity index is 1.84. The summed E-state index contributed by atoms with van der Waals surface area (Å²) in [4.78, 5) is 27.4. The minimum absolute atomic E-state index is 0.0356. The highest BCUT2D eigenvalue weighted by molar-refractivity contribution is 7.10. The van der Waals surface area contributed by atoms with Gasteiger partial charge in [-0.2, -0.15) is 0 Å². The van der Waals surface area contributed by atoms with Gasteiger partial charge in [0, 0.05) is 16.4 Å². The summed E-state index contributed by atoms with van der Waals surface area (Å²) in [6.45, 7) is 2.02. The molecule has 4 rings (SSSR count). The van der Waals surface area contributed by atoms with Gasteiger partial charge in [0.15, 0.2) is 5.78 Å². The molecule has 1 aromatic heterocycles. The van der Waals surface area contributed by atoms with E-state index >= 15 is 0 Å². The predicted molar refractivity (Wildman–Crippen MR) is 114 cm³/mol. The Bertz CT molecular complexity index is 983. The van der Waals surface area contributed by atoms with Crippen LogP contribution in [-0.2, 0) is 9.53 Å². The van der Waals surface area contributed by atoms with Gasteiger partial charge in [-0.25, -0.2) is 0 Å². The van der Waals surface area contributed by atoms with Crippen LogP contribution < -0.4 is 5.32 Å². The molecule has 4 atom stereocenters. The number of hydrogen-bond acceptors (Lipinski definition) is 5. The van der Waals surface area contributed by atoms with Crippen LogP contribution in [0.1, 0.15) is 38.3 Å². The van der Waals surface area contributed by atoms with Gasteiger partial charge in [0.2, 0.25) is 0 Å². The van der Waals surface area contributed by atoms with Crippen LogP contribution in [-0.4, -0.2) is 24.9 Å². The number of nitrogens with one attached hydrogen (secondary N) is 1. The molecule has 0 saturated carbocycles. The van der Waals surface area contributed by atoms with E-state index in [1.54, 1.807) is 11.3 Å². The van der Waals surface area contributed by atoms with Gasteiger partial charge in [-0.15, -0.1) is 11.3 Å². The molecule has 1 N–H and O–H groups in total. The van der Waals surface area contributed by atoms with Gasteiger partial charge in [0.1, 0.15) is 6.04 Å². The van der Waals surface area contributed by atoms with Crippen LogP contribution in [0.3, 0.4) is 0 Å². The second kappa shape index (κ2) is 8.31. The molecule has 0 spiro atoms. The number of hydrogen-bond donors (Lipinski definition) is 1. The molecule has 29 heavy (non-hydrogen) atoms. The molecule has 0 unspecified atom stereocenters. The van der Waals surface area contributed by atoms with Gasteiger partial charge in [-0.05, 0) is 23.9 Å². The lowest BCUT2D eigenvalue weighted by atomic mass is 9.77. The molecule has 1 aliphatic heterocycles. The summed E-state index contributed by atoms with van der Waals surface area (Å²) in [7, 11) is 1.39. The Hall–Kier alpha value is -2.76. The summed E-state index contributed by atoms with van der Waals surface area (Å²) < 4.78 is 5.10. The zero-order chi connectivity index (χ0) is 20.4. The number of ether oxygens (including phenoxy) is 1. The second-order valence-electron chi connectivity index (χ2n) is 7.35. The molecule has 0 radical (unpaired) electrons. The Morgan fingerprint density at radius 3 is 2.31 bits per heavy atom. The van der Waals surface area contributed by atoms with E-state index in [0.717, 1.165) is 16.0 Å². The van der Waals surface area contributed by atoms with E-state index < -0.39 is 12.0 Å². The molecule has 0 bridgehead atoms. The Labute approximate surface area is 174 Å². The molecule has 2 heterocycles. The number of Topliss-reactive ketones (excluding diaryl/α,β-unsaturated/α-hetero) is 1. The lowest BCUT2D eigenvalue weighted by Gasteiger charge is -2.24. The lowest BCUT2D eigenvalue weighted by molar-refractivity contribution is -0.143. The number of ketones is 1. The van der Waals surface area contributed by atoms with Gasteiger partial charge in [-0.1, -0.05) is 66.2 Å². The van der Waals surface area contributed by atoms with Crippen LogP contribution in [0.25, 0.3) is 0 Å². The molecular formula is C24H23NO3S. The number of rotatable bonds is 5. The number of aryl methyl sites for hydroxylation is 1. The number of carbonyl (C=O) groups excluding carboxylic acids is 2. The van der Waals surface area contributed by atoms with Crippen molar-refractivity contribution < 1.29 is 14.3 Å². The third-order valence-electron chi connectivity index (χ3n) is 5.59. The minimum atomic E-state index is -0.590. The summed E-state index contributed by atoms with van der Waals surface area (Å²) in [5.41, 5.74) is 2.75. The maximum Gasteiger partial charge on any atom is 0.323 e. The Morgan fingerprint density at radius 1 is 0.966 bits per heavy atom. The van der Waals surface area contributed by atoms with Gasteiger partial charge in [0.25, 0.3) is 0 Å². The van der Waals surface area contributed by atoms with E-state index in [4.69, 9.17) is 4.74 Å². The number of esters is 1. The maximum atomic E-state index is 13.7. The lowest BCUT2D eigenvalue weighted by Crippen LogP contribution is -2.36. The van der Waals surface area contributed by atoms with Crippen LogP contribution in [0.2, 0.25) is 0 Å². The molecule has 1 fully saturated rings. The largest absolute Gasteiger partial charge is 0.468 e. The summed E-state index contributed by atoms with van der Waals surface area (Å²) in [6.07, 6.45) is 0. The fourth-order valence-electron chi connectivity index (χ4n) is 4.18. The first-order valence-corrected chi connectivity index (χ1v) is 10.5. The van der Waals surface area contributed by atoms with Crippen molar-refractivity contribution in [3.63, 3.8) is 0 Å². The van der Waals surface area contributed by atoms with E-state index in [-0.39, 0.29) is 23.7 Å². The average molecular weight is 406 g/mol. The number of methoxy groups -OCH3 is 1. The SMILES string of the molecule is COC(=O)[C@H]1N[C@@H](c2cccs2)[C@@H](C(=O)c2ccccc2)[C@@H]1c1ccc(C)cc1. The molecule has 1 saturated heterocycles. The van der Waals surface area contributed by atoms with Crippen LogP contribution >= 0.6 is 11.3 Å². The molecule has 1 aliphatic rings.